The monoisotopic (exact) mass is 859 g/mol. The van der Waals surface area contributed by atoms with Gasteiger partial charge in [-0.2, -0.15) is 0 Å². The zero-order valence-corrected chi connectivity index (χ0v) is 34.4. The van der Waals surface area contributed by atoms with Gasteiger partial charge in [-0.25, -0.2) is 8.78 Å². The van der Waals surface area contributed by atoms with Crippen LogP contribution in [0, 0.1) is 11.6 Å². The Morgan fingerprint density at radius 1 is 0.385 bits per heavy atom. The molecule has 9 aromatic rings. The average molecular weight is 860 g/mol. The van der Waals surface area contributed by atoms with Crippen LogP contribution < -0.4 is 35.8 Å². The predicted molar refractivity (Wildman–Crippen MR) is 253 cm³/mol. The number of ether oxygens (including phenoxy) is 1. The van der Waals surface area contributed by atoms with Crippen LogP contribution in [0.2, 0.25) is 0 Å². The molecule has 0 unspecified atom stereocenters. The molecule has 65 heavy (non-hydrogen) atoms. The number of para-hydroxylation sites is 5. The Morgan fingerprint density at radius 2 is 0.815 bits per heavy atom. The van der Waals surface area contributed by atoms with E-state index in [1.54, 1.807) is 36.4 Å². The summed E-state index contributed by atoms with van der Waals surface area (Å²) in [5.74, 6) is -1.36. The zero-order chi connectivity index (χ0) is 44.2. The van der Waals surface area contributed by atoms with Gasteiger partial charge in [0.2, 0.25) is 0 Å². The minimum atomic E-state index is -5.05. The third-order valence-electron chi connectivity index (χ3n) is 12.1. The SMILES string of the molecule is Fc1ccccc1-c1ccccc1N1c2ccccc2B2c3ccc(N(c4ccccc4)c4ccccc4)cc3N(c3ccccc3-c3ccccc3F)c3cc(OC(F)(F)F)cc1c32. The van der Waals surface area contributed by atoms with E-state index in [9.17, 15) is 13.2 Å². The molecule has 0 saturated carbocycles. The molecule has 0 fully saturated rings. The number of anilines is 9. The molecule has 0 atom stereocenters. The van der Waals surface area contributed by atoms with E-state index in [1.165, 1.54) is 24.3 Å². The first-order valence-electron chi connectivity index (χ1n) is 21.1. The van der Waals surface area contributed by atoms with Gasteiger partial charge in [-0.15, -0.1) is 13.2 Å². The van der Waals surface area contributed by atoms with Crippen molar-refractivity contribution in [3.8, 4) is 28.0 Å². The molecule has 2 aliphatic heterocycles. The maximum Gasteiger partial charge on any atom is 0.573 e. The summed E-state index contributed by atoms with van der Waals surface area (Å²) in [7, 11) is 0. The van der Waals surface area contributed by atoms with Crippen molar-refractivity contribution in [1.29, 1.82) is 0 Å². The number of fused-ring (bicyclic) bond motifs is 4. The summed E-state index contributed by atoms with van der Waals surface area (Å²) >= 11 is 0. The van der Waals surface area contributed by atoms with E-state index in [4.69, 9.17) is 4.74 Å². The molecule has 11 rings (SSSR count). The van der Waals surface area contributed by atoms with Gasteiger partial charge in [0.05, 0.1) is 11.4 Å². The van der Waals surface area contributed by atoms with Crippen molar-refractivity contribution < 1.29 is 26.7 Å². The highest BCUT2D eigenvalue weighted by molar-refractivity contribution is 7.00. The Morgan fingerprint density at radius 3 is 1.34 bits per heavy atom. The molecule has 4 nitrogen and oxygen atoms in total. The lowest BCUT2D eigenvalue weighted by Gasteiger charge is -2.45. The molecule has 0 bridgehead atoms. The zero-order valence-electron chi connectivity index (χ0n) is 34.4. The molecule has 0 N–H and O–H groups in total. The second kappa shape index (κ2) is 15.9. The first kappa shape index (κ1) is 39.7. The second-order valence-electron chi connectivity index (χ2n) is 15.8. The van der Waals surface area contributed by atoms with E-state index < -0.39 is 30.5 Å². The number of alkyl halides is 3. The van der Waals surface area contributed by atoms with Crippen molar-refractivity contribution in [2.45, 2.75) is 6.36 Å². The van der Waals surface area contributed by atoms with Gasteiger partial charge in [0.1, 0.15) is 17.4 Å². The fourth-order valence-electron chi connectivity index (χ4n) is 9.51. The summed E-state index contributed by atoms with van der Waals surface area (Å²) < 4.78 is 80.5. The highest BCUT2D eigenvalue weighted by Crippen LogP contribution is 2.51. The summed E-state index contributed by atoms with van der Waals surface area (Å²) in [5.41, 5.74) is 9.99. The largest absolute Gasteiger partial charge is 0.573 e. The third-order valence-corrected chi connectivity index (χ3v) is 12.1. The molecule has 0 amide bonds. The minimum absolute atomic E-state index is 0.320. The Hall–Kier alpha value is -8.11. The van der Waals surface area contributed by atoms with E-state index in [0.29, 0.717) is 61.8 Å². The number of halogens is 5. The molecule has 314 valence electrons. The summed E-state index contributed by atoms with van der Waals surface area (Å²) in [5, 5.41) is 0. The van der Waals surface area contributed by atoms with Crippen molar-refractivity contribution in [2.75, 3.05) is 14.7 Å². The van der Waals surface area contributed by atoms with Crippen LogP contribution in [0.15, 0.2) is 212 Å². The number of benzene rings is 9. The molecule has 10 heteroatoms. The summed E-state index contributed by atoms with van der Waals surface area (Å²) in [6.45, 7) is -0.504. The topological polar surface area (TPSA) is 19.0 Å². The lowest BCUT2D eigenvalue weighted by molar-refractivity contribution is -0.274. The van der Waals surface area contributed by atoms with Crippen LogP contribution in [0.1, 0.15) is 0 Å². The maximum absolute atomic E-state index is 16.0. The molecule has 2 heterocycles. The van der Waals surface area contributed by atoms with E-state index in [0.717, 1.165) is 28.0 Å². The molecular weight excluding hydrogens is 824 g/mol. The molecule has 9 aromatic carbocycles. The van der Waals surface area contributed by atoms with Gasteiger partial charge in [0, 0.05) is 74.2 Å². The van der Waals surface area contributed by atoms with E-state index in [-0.39, 0.29) is 0 Å². The van der Waals surface area contributed by atoms with Crippen molar-refractivity contribution >= 4 is 74.3 Å². The van der Waals surface area contributed by atoms with E-state index in [1.807, 2.05) is 143 Å². The lowest BCUT2D eigenvalue weighted by Crippen LogP contribution is -2.61. The van der Waals surface area contributed by atoms with Gasteiger partial charge in [-0.3, -0.25) is 0 Å². The highest BCUT2D eigenvalue weighted by atomic mass is 19.4. The Balaban J connectivity index is 1.25. The predicted octanol–water partition coefficient (Wildman–Crippen LogP) is 13.7. The van der Waals surface area contributed by atoms with Crippen molar-refractivity contribution in [2.24, 2.45) is 0 Å². The van der Waals surface area contributed by atoms with Crippen LogP contribution >= 0.6 is 0 Å². The number of hydrogen-bond acceptors (Lipinski definition) is 4. The van der Waals surface area contributed by atoms with Gasteiger partial charge in [-0.05, 0) is 83.1 Å². The maximum atomic E-state index is 16.0. The van der Waals surface area contributed by atoms with Crippen molar-refractivity contribution in [3.05, 3.63) is 224 Å². The Labute approximate surface area is 372 Å². The molecule has 0 aliphatic carbocycles. The van der Waals surface area contributed by atoms with Gasteiger partial charge in [0.25, 0.3) is 6.71 Å². The third kappa shape index (κ3) is 6.95. The van der Waals surface area contributed by atoms with Crippen LogP contribution in [0.5, 0.6) is 5.75 Å². The highest BCUT2D eigenvalue weighted by Gasteiger charge is 2.45. The summed E-state index contributed by atoms with van der Waals surface area (Å²) in [6, 6.07) is 64.2. The molecule has 0 aromatic heterocycles. The molecule has 2 aliphatic rings. The first-order chi connectivity index (χ1) is 31.7. The molecule has 0 saturated heterocycles. The number of hydrogen-bond donors (Lipinski definition) is 0. The fourth-order valence-corrected chi connectivity index (χ4v) is 9.51. The van der Waals surface area contributed by atoms with Gasteiger partial charge in [-0.1, -0.05) is 133 Å². The lowest BCUT2D eigenvalue weighted by atomic mass is 9.33. The van der Waals surface area contributed by atoms with E-state index in [2.05, 4.69) is 23.1 Å². The standard InChI is InChI=1S/C55H35BF5N3O/c57-46-26-12-7-21-40(46)42-23-9-14-28-48(42)63-50-30-16-11-25-44(50)56-45-32-31-38(62(36-17-3-1-4-18-36)37-19-5-2-6-20-37)33-51(45)64(53-35-39(65-55(59,60)61)34-52(63)54(53)56)49-29-15-10-24-43(49)41-22-8-13-27-47(41)58/h1-35H. The van der Waals surface area contributed by atoms with Crippen molar-refractivity contribution in [1.82, 2.24) is 0 Å². The number of rotatable bonds is 8. The Kier molecular flexibility index (Phi) is 9.72. The van der Waals surface area contributed by atoms with Crippen LogP contribution in [-0.4, -0.2) is 13.1 Å². The van der Waals surface area contributed by atoms with Crippen LogP contribution in [0.25, 0.3) is 22.3 Å². The van der Waals surface area contributed by atoms with E-state index >= 15 is 8.78 Å². The first-order valence-corrected chi connectivity index (χ1v) is 21.1. The molecular formula is C55H35BF5N3O. The van der Waals surface area contributed by atoms with Gasteiger partial charge < -0.3 is 19.4 Å². The van der Waals surface area contributed by atoms with Crippen LogP contribution in [-0.2, 0) is 0 Å². The van der Waals surface area contributed by atoms with Gasteiger partial charge >= 0.3 is 6.36 Å². The normalized spacial score (nSPS) is 12.6. The summed E-state index contributed by atoms with van der Waals surface area (Å²) in [4.78, 5) is 5.96. The smallest absolute Gasteiger partial charge is 0.406 e. The van der Waals surface area contributed by atoms with Crippen LogP contribution in [0.4, 0.5) is 73.1 Å². The number of nitrogens with zero attached hydrogens (tertiary/aromatic N) is 3. The second-order valence-corrected chi connectivity index (χ2v) is 15.8. The van der Waals surface area contributed by atoms with Crippen molar-refractivity contribution in [3.63, 3.8) is 0 Å². The van der Waals surface area contributed by atoms with Gasteiger partial charge in [0.15, 0.2) is 0 Å². The average Bonchev–Trinajstić information content (AvgIpc) is 3.32. The van der Waals surface area contributed by atoms with Crippen LogP contribution in [0.3, 0.4) is 0 Å². The Bertz CT molecular complexity index is 3220. The quantitative estimate of drug-likeness (QED) is 0.112. The fraction of sp³-hybridized carbons (Fsp3) is 0.0182. The minimum Gasteiger partial charge on any atom is -0.406 e. The molecule has 0 radical (unpaired) electrons. The molecule has 0 spiro atoms. The summed E-state index contributed by atoms with van der Waals surface area (Å²) in [6.07, 6.45) is -5.05.